The third-order valence-corrected chi connectivity index (χ3v) is 4.41. The van der Waals surface area contributed by atoms with Crippen LogP contribution in [0.2, 0.25) is 0 Å². The van der Waals surface area contributed by atoms with E-state index in [1.165, 1.54) is 10.9 Å². The van der Waals surface area contributed by atoms with Crippen molar-refractivity contribution in [3.05, 3.63) is 77.5 Å². The summed E-state index contributed by atoms with van der Waals surface area (Å²) >= 11 is 0. The van der Waals surface area contributed by atoms with Gasteiger partial charge in [-0.2, -0.15) is 5.10 Å². The number of aromatic carboxylic acids is 1. The average molecular weight is 393 g/mol. The molecule has 3 rings (SSSR count). The van der Waals surface area contributed by atoms with Crippen molar-refractivity contribution in [2.24, 2.45) is 0 Å². The Morgan fingerprint density at radius 3 is 2.31 bits per heavy atom. The van der Waals surface area contributed by atoms with E-state index in [0.717, 1.165) is 11.1 Å². The summed E-state index contributed by atoms with van der Waals surface area (Å²) in [5, 5.41) is 16.1. The van der Waals surface area contributed by atoms with Gasteiger partial charge in [-0.25, -0.2) is 14.3 Å². The van der Waals surface area contributed by atoms with Gasteiger partial charge >= 0.3 is 12.1 Å². The standard InChI is InChI=1S/C22H23N3O4/c1-22(2,3)16-9-11-17(12-10-16)25-19(18(13-23-25)20(26)27)24-21(28)29-14-15-7-5-4-6-8-15/h4-13H,14H2,1-3H3,(H,24,28)(H,26,27). The maximum atomic E-state index is 12.3. The maximum Gasteiger partial charge on any atom is 0.413 e. The number of carbonyl (C=O) groups excluding carboxylic acids is 1. The lowest BCUT2D eigenvalue weighted by atomic mass is 9.87. The van der Waals surface area contributed by atoms with Gasteiger partial charge in [0.1, 0.15) is 12.2 Å². The Hall–Kier alpha value is -3.61. The van der Waals surface area contributed by atoms with Crippen LogP contribution in [0.25, 0.3) is 5.69 Å². The molecule has 1 aromatic heterocycles. The number of ether oxygens (including phenoxy) is 1. The zero-order chi connectivity index (χ0) is 21.0. The molecule has 0 unspecified atom stereocenters. The summed E-state index contributed by atoms with van der Waals surface area (Å²) in [7, 11) is 0. The van der Waals surface area contributed by atoms with Crippen LogP contribution in [0.5, 0.6) is 0 Å². The van der Waals surface area contributed by atoms with Gasteiger partial charge in [-0.15, -0.1) is 0 Å². The largest absolute Gasteiger partial charge is 0.477 e. The summed E-state index contributed by atoms with van der Waals surface area (Å²) in [5.41, 5.74) is 2.44. The van der Waals surface area contributed by atoms with Crippen molar-refractivity contribution in [3.8, 4) is 5.69 Å². The normalized spacial score (nSPS) is 11.1. The van der Waals surface area contributed by atoms with Gasteiger partial charge in [0.05, 0.1) is 11.9 Å². The molecule has 0 atom stereocenters. The van der Waals surface area contributed by atoms with Gasteiger partial charge in [-0.05, 0) is 28.7 Å². The minimum Gasteiger partial charge on any atom is -0.477 e. The fraction of sp³-hybridized carbons (Fsp3) is 0.227. The molecule has 0 saturated carbocycles. The highest BCUT2D eigenvalue weighted by atomic mass is 16.5. The number of hydrogen-bond acceptors (Lipinski definition) is 4. The van der Waals surface area contributed by atoms with Gasteiger partial charge in [0.2, 0.25) is 0 Å². The first-order valence-corrected chi connectivity index (χ1v) is 9.15. The number of anilines is 1. The lowest BCUT2D eigenvalue weighted by Crippen LogP contribution is -2.18. The Morgan fingerprint density at radius 2 is 1.72 bits per heavy atom. The number of nitrogens with one attached hydrogen (secondary N) is 1. The van der Waals surface area contributed by atoms with Gasteiger partial charge in [0.15, 0.2) is 5.82 Å². The zero-order valence-corrected chi connectivity index (χ0v) is 16.5. The fourth-order valence-corrected chi connectivity index (χ4v) is 2.78. The van der Waals surface area contributed by atoms with Crippen LogP contribution in [0.4, 0.5) is 10.6 Å². The zero-order valence-electron chi connectivity index (χ0n) is 16.5. The lowest BCUT2D eigenvalue weighted by molar-refractivity contribution is 0.0698. The highest BCUT2D eigenvalue weighted by Crippen LogP contribution is 2.25. The van der Waals surface area contributed by atoms with Crippen molar-refractivity contribution < 1.29 is 19.4 Å². The second-order valence-corrected chi connectivity index (χ2v) is 7.61. The molecule has 0 aliphatic heterocycles. The Morgan fingerprint density at radius 1 is 1.07 bits per heavy atom. The number of carboxylic acid groups (broad SMARTS) is 1. The number of aromatic nitrogens is 2. The van der Waals surface area contributed by atoms with E-state index in [0.29, 0.717) is 5.69 Å². The number of carboxylic acids is 1. The van der Waals surface area contributed by atoms with Crippen LogP contribution < -0.4 is 5.32 Å². The number of carbonyl (C=O) groups is 2. The molecule has 1 amide bonds. The second-order valence-electron chi connectivity index (χ2n) is 7.61. The van der Waals surface area contributed by atoms with E-state index < -0.39 is 12.1 Å². The number of rotatable bonds is 5. The summed E-state index contributed by atoms with van der Waals surface area (Å²) < 4.78 is 6.58. The molecule has 29 heavy (non-hydrogen) atoms. The predicted molar refractivity (Wildman–Crippen MR) is 109 cm³/mol. The van der Waals surface area contributed by atoms with E-state index in [1.807, 2.05) is 54.6 Å². The predicted octanol–water partition coefficient (Wildman–Crippen LogP) is 4.62. The Labute approximate surface area is 168 Å². The van der Waals surface area contributed by atoms with E-state index in [9.17, 15) is 14.7 Å². The van der Waals surface area contributed by atoms with Crippen LogP contribution in [0, 0.1) is 0 Å². The van der Waals surface area contributed by atoms with Crippen molar-refractivity contribution >= 4 is 17.9 Å². The van der Waals surface area contributed by atoms with Crippen LogP contribution in [0.1, 0.15) is 42.3 Å². The number of hydrogen-bond donors (Lipinski definition) is 2. The van der Waals surface area contributed by atoms with Gasteiger partial charge in [0, 0.05) is 0 Å². The fourth-order valence-electron chi connectivity index (χ4n) is 2.78. The lowest BCUT2D eigenvalue weighted by Gasteiger charge is -2.19. The van der Waals surface area contributed by atoms with Crippen molar-refractivity contribution in [1.29, 1.82) is 0 Å². The topological polar surface area (TPSA) is 93.5 Å². The molecular formula is C22H23N3O4. The van der Waals surface area contributed by atoms with Gasteiger partial charge < -0.3 is 9.84 Å². The molecule has 0 aliphatic rings. The molecule has 0 aliphatic carbocycles. The van der Waals surface area contributed by atoms with Crippen LogP contribution in [0.3, 0.4) is 0 Å². The van der Waals surface area contributed by atoms with Crippen LogP contribution >= 0.6 is 0 Å². The number of benzene rings is 2. The van der Waals surface area contributed by atoms with Gasteiger partial charge in [0.25, 0.3) is 0 Å². The van der Waals surface area contributed by atoms with E-state index in [-0.39, 0.29) is 23.4 Å². The average Bonchev–Trinajstić information content (AvgIpc) is 3.10. The molecule has 7 heteroatoms. The van der Waals surface area contributed by atoms with Crippen LogP contribution in [0.15, 0.2) is 60.8 Å². The van der Waals surface area contributed by atoms with Crippen molar-refractivity contribution in [3.63, 3.8) is 0 Å². The van der Waals surface area contributed by atoms with Crippen molar-refractivity contribution in [2.75, 3.05) is 5.32 Å². The molecule has 150 valence electrons. The third-order valence-electron chi connectivity index (χ3n) is 4.41. The molecule has 2 aromatic carbocycles. The van der Waals surface area contributed by atoms with E-state index in [4.69, 9.17) is 4.74 Å². The van der Waals surface area contributed by atoms with E-state index in [2.05, 4.69) is 31.2 Å². The van der Waals surface area contributed by atoms with Crippen LogP contribution in [-0.2, 0) is 16.8 Å². The first-order chi connectivity index (χ1) is 13.8. The summed E-state index contributed by atoms with van der Waals surface area (Å²) in [4.78, 5) is 23.8. The molecule has 0 bridgehead atoms. The summed E-state index contributed by atoms with van der Waals surface area (Å²) in [5.74, 6) is -1.15. The molecule has 7 nitrogen and oxygen atoms in total. The monoisotopic (exact) mass is 393 g/mol. The molecule has 0 fully saturated rings. The van der Waals surface area contributed by atoms with E-state index >= 15 is 0 Å². The minimum absolute atomic E-state index is 0.0167. The van der Waals surface area contributed by atoms with Crippen molar-refractivity contribution in [1.82, 2.24) is 9.78 Å². The minimum atomic E-state index is -1.19. The smallest absolute Gasteiger partial charge is 0.413 e. The summed E-state index contributed by atoms with van der Waals surface area (Å²) in [6.07, 6.45) is 0.441. The van der Waals surface area contributed by atoms with Crippen LogP contribution in [-0.4, -0.2) is 26.9 Å². The SMILES string of the molecule is CC(C)(C)c1ccc(-n2ncc(C(=O)O)c2NC(=O)OCc2ccccc2)cc1. The van der Waals surface area contributed by atoms with Crippen molar-refractivity contribution in [2.45, 2.75) is 32.8 Å². The summed E-state index contributed by atoms with van der Waals surface area (Å²) in [6.45, 7) is 6.39. The first-order valence-electron chi connectivity index (χ1n) is 9.15. The molecule has 0 spiro atoms. The molecular weight excluding hydrogens is 370 g/mol. The Bertz CT molecular complexity index is 1000. The molecule has 1 heterocycles. The molecule has 2 N–H and O–H groups in total. The Kier molecular flexibility index (Phi) is 5.68. The van der Waals surface area contributed by atoms with Gasteiger partial charge in [-0.3, -0.25) is 5.32 Å². The molecule has 0 saturated heterocycles. The number of amides is 1. The highest BCUT2D eigenvalue weighted by molar-refractivity contribution is 5.97. The molecule has 0 radical (unpaired) electrons. The molecule has 3 aromatic rings. The summed E-state index contributed by atoms with van der Waals surface area (Å²) in [6, 6.07) is 16.8. The second kappa shape index (κ2) is 8.18. The Balaban J connectivity index is 1.83. The van der Waals surface area contributed by atoms with Gasteiger partial charge in [-0.1, -0.05) is 63.2 Å². The maximum absolute atomic E-state index is 12.3. The van der Waals surface area contributed by atoms with E-state index in [1.54, 1.807) is 0 Å². The quantitative estimate of drug-likeness (QED) is 0.660. The third kappa shape index (κ3) is 4.82. The highest BCUT2D eigenvalue weighted by Gasteiger charge is 2.21. The first kappa shape index (κ1) is 20.1. The number of nitrogens with zero attached hydrogens (tertiary/aromatic N) is 2.